The minimum atomic E-state index is -0.499. The maximum Gasteiger partial charge on any atom is 0.410 e. The summed E-state index contributed by atoms with van der Waals surface area (Å²) >= 11 is 0. The van der Waals surface area contributed by atoms with E-state index in [-0.39, 0.29) is 6.09 Å². The Bertz CT molecular complexity index is 243. The molecule has 92 valence electrons. The summed E-state index contributed by atoms with van der Waals surface area (Å²) in [5.74, 6) is 0. The van der Waals surface area contributed by atoms with Crippen molar-refractivity contribution >= 4 is 12.4 Å². The van der Waals surface area contributed by atoms with Crippen molar-refractivity contribution in [2.24, 2.45) is 0 Å². The van der Waals surface area contributed by atoms with Gasteiger partial charge in [-0.05, 0) is 27.2 Å². The van der Waals surface area contributed by atoms with E-state index in [1.807, 2.05) is 20.8 Å². The number of aldehydes is 1. The van der Waals surface area contributed by atoms with Crippen LogP contribution in [0.4, 0.5) is 4.79 Å². The van der Waals surface area contributed by atoms with Crippen LogP contribution in [0.1, 0.15) is 33.6 Å². The molecule has 0 rings (SSSR count). The van der Waals surface area contributed by atoms with Crippen LogP contribution in [-0.2, 0) is 9.53 Å². The van der Waals surface area contributed by atoms with Crippen LogP contribution in [-0.4, -0.2) is 36.0 Å². The van der Waals surface area contributed by atoms with Crippen LogP contribution in [0.5, 0.6) is 0 Å². The fourth-order valence-corrected chi connectivity index (χ4v) is 1.10. The Morgan fingerprint density at radius 1 is 1.44 bits per heavy atom. The number of hydrogen-bond donors (Lipinski definition) is 0. The Balaban J connectivity index is 4.22. The van der Waals surface area contributed by atoms with Crippen molar-refractivity contribution in [3.05, 3.63) is 12.7 Å². The van der Waals surface area contributed by atoms with Gasteiger partial charge < -0.3 is 14.4 Å². The molecule has 0 spiro atoms. The number of carbonyl (C=O) groups excluding carboxylic acids is 2. The molecule has 0 aromatic rings. The van der Waals surface area contributed by atoms with Gasteiger partial charge in [0, 0.05) is 19.5 Å². The molecule has 0 radical (unpaired) electrons. The van der Waals surface area contributed by atoms with E-state index in [0.717, 1.165) is 6.29 Å². The van der Waals surface area contributed by atoms with Crippen LogP contribution in [0.2, 0.25) is 0 Å². The lowest BCUT2D eigenvalue weighted by atomic mass is 10.2. The van der Waals surface area contributed by atoms with Gasteiger partial charge in [-0.15, -0.1) is 6.58 Å². The van der Waals surface area contributed by atoms with E-state index in [0.29, 0.717) is 25.9 Å². The molecule has 0 saturated heterocycles. The number of carbonyl (C=O) groups is 2. The first-order valence-corrected chi connectivity index (χ1v) is 5.43. The van der Waals surface area contributed by atoms with Gasteiger partial charge in [0.15, 0.2) is 0 Å². The number of amides is 1. The summed E-state index contributed by atoms with van der Waals surface area (Å²) in [5, 5.41) is 0. The average Bonchev–Trinajstić information content (AvgIpc) is 2.14. The first kappa shape index (κ1) is 14.7. The molecular formula is C12H21NO3. The molecule has 4 heteroatoms. The van der Waals surface area contributed by atoms with Gasteiger partial charge in [0.1, 0.15) is 11.9 Å². The number of ether oxygens (including phenoxy) is 1. The molecule has 0 saturated carbocycles. The summed E-state index contributed by atoms with van der Waals surface area (Å²) in [6.45, 7) is 10.0. The normalized spacial score (nSPS) is 10.7. The molecule has 0 bridgehead atoms. The first-order chi connectivity index (χ1) is 7.40. The molecule has 16 heavy (non-hydrogen) atoms. The van der Waals surface area contributed by atoms with Gasteiger partial charge in [-0.25, -0.2) is 4.79 Å². The summed E-state index contributed by atoms with van der Waals surface area (Å²) in [6, 6.07) is 0. The van der Waals surface area contributed by atoms with Gasteiger partial charge in [0.05, 0.1) is 0 Å². The third-order valence-corrected chi connectivity index (χ3v) is 1.75. The van der Waals surface area contributed by atoms with Crippen molar-refractivity contribution in [2.75, 3.05) is 13.1 Å². The van der Waals surface area contributed by atoms with Crippen molar-refractivity contribution in [1.82, 2.24) is 4.90 Å². The minimum Gasteiger partial charge on any atom is -0.444 e. The number of unbranched alkanes of at least 4 members (excludes halogenated alkanes) is 1. The van der Waals surface area contributed by atoms with Crippen LogP contribution >= 0.6 is 0 Å². The summed E-state index contributed by atoms with van der Waals surface area (Å²) < 4.78 is 5.23. The Kier molecular flexibility index (Phi) is 6.46. The summed E-state index contributed by atoms with van der Waals surface area (Å²) in [7, 11) is 0. The van der Waals surface area contributed by atoms with Gasteiger partial charge in [0.2, 0.25) is 0 Å². The molecule has 0 atom stereocenters. The monoisotopic (exact) mass is 227 g/mol. The molecule has 0 aliphatic rings. The highest BCUT2D eigenvalue weighted by Gasteiger charge is 2.20. The number of rotatable bonds is 6. The first-order valence-electron chi connectivity index (χ1n) is 5.43. The molecule has 1 amide bonds. The van der Waals surface area contributed by atoms with Gasteiger partial charge in [-0.2, -0.15) is 0 Å². The standard InChI is InChI=1S/C12H21NO3/c1-5-8-13(9-6-7-10-14)11(15)16-12(2,3)4/h5,10H,1,6-9H2,2-4H3. The topological polar surface area (TPSA) is 46.6 Å². The molecule has 0 aliphatic carbocycles. The SMILES string of the molecule is C=CCN(CCCC=O)C(=O)OC(C)(C)C. The number of hydrogen-bond acceptors (Lipinski definition) is 3. The third kappa shape index (κ3) is 7.04. The van der Waals surface area contributed by atoms with Crippen LogP contribution in [0.15, 0.2) is 12.7 Å². The van der Waals surface area contributed by atoms with E-state index in [1.165, 1.54) is 0 Å². The van der Waals surface area contributed by atoms with E-state index < -0.39 is 5.60 Å². The van der Waals surface area contributed by atoms with Gasteiger partial charge >= 0.3 is 6.09 Å². The fraction of sp³-hybridized carbons (Fsp3) is 0.667. The van der Waals surface area contributed by atoms with Crippen molar-refractivity contribution in [1.29, 1.82) is 0 Å². The molecule has 0 aromatic heterocycles. The Morgan fingerprint density at radius 3 is 2.50 bits per heavy atom. The summed E-state index contributed by atoms with van der Waals surface area (Å²) in [5.41, 5.74) is -0.499. The lowest BCUT2D eigenvalue weighted by Crippen LogP contribution is -2.37. The predicted molar refractivity (Wildman–Crippen MR) is 63.3 cm³/mol. The van der Waals surface area contributed by atoms with Crippen molar-refractivity contribution in [3.8, 4) is 0 Å². The van der Waals surface area contributed by atoms with Crippen LogP contribution in [0, 0.1) is 0 Å². The lowest BCUT2D eigenvalue weighted by Gasteiger charge is -2.26. The highest BCUT2D eigenvalue weighted by molar-refractivity contribution is 5.68. The predicted octanol–water partition coefficient (Wildman–Crippen LogP) is 2.39. The molecule has 0 unspecified atom stereocenters. The average molecular weight is 227 g/mol. The Morgan fingerprint density at radius 2 is 2.06 bits per heavy atom. The maximum absolute atomic E-state index is 11.7. The zero-order valence-corrected chi connectivity index (χ0v) is 10.4. The highest BCUT2D eigenvalue weighted by Crippen LogP contribution is 2.10. The summed E-state index contributed by atoms with van der Waals surface area (Å²) in [6.07, 6.45) is 3.23. The highest BCUT2D eigenvalue weighted by atomic mass is 16.6. The smallest absolute Gasteiger partial charge is 0.410 e. The van der Waals surface area contributed by atoms with Gasteiger partial charge in [-0.1, -0.05) is 6.08 Å². The second-order valence-electron chi connectivity index (χ2n) is 4.52. The lowest BCUT2D eigenvalue weighted by molar-refractivity contribution is -0.108. The fourth-order valence-electron chi connectivity index (χ4n) is 1.10. The molecule has 0 aliphatic heterocycles. The van der Waals surface area contributed by atoms with E-state index in [4.69, 9.17) is 4.74 Å². The molecule has 0 N–H and O–H groups in total. The van der Waals surface area contributed by atoms with Crippen LogP contribution < -0.4 is 0 Å². The van der Waals surface area contributed by atoms with E-state index in [2.05, 4.69) is 6.58 Å². The minimum absolute atomic E-state index is 0.363. The van der Waals surface area contributed by atoms with Gasteiger partial charge in [-0.3, -0.25) is 0 Å². The zero-order valence-electron chi connectivity index (χ0n) is 10.4. The quantitative estimate of drug-likeness (QED) is 0.397. The molecule has 0 heterocycles. The second-order valence-corrected chi connectivity index (χ2v) is 4.52. The number of nitrogens with zero attached hydrogens (tertiary/aromatic N) is 1. The van der Waals surface area contributed by atoms with Crippen LogP contribution in [0.3, 0.4) is 0 Å². The van der Waals surface area contributed by atoms with Crippen molar-refractivity contribution in [2.45, 2.75) is 39.2 Å². The second kappa shape index (κ2) is 7.04. The molecule has 0 fully saturated rings. The van der Waals surface area contributed by atoms with E-state index >= 15 is 0 Å². The maximum atomic E-state index is 11.7. The van der Waals surface area contributed by atoms with Crippen molar-refractivity contribution in [3.63, 3.8) is 0 Å². The summed E-state index contributed by atoms with van der Waals surface area (Å²) in [4.78, 5) is 23.4. The third-order valence-electron chi connectivity index (χ3n) is 1.75. The van der Waals surface area contributed by atoms with Crippen LogP contribution in [0.25, 0.3) is 0 Å². The largest absolute Gasteiger partial charge is 0.444 e. The van der Waals surface area contributed by atoms with Crippen molar-refractivity contribution < 1.29 is 14.3 Å². The zero-order chi connectivity index (χ0) is 12.6. The van der Waals surface area contributed by atoms with E-state index in [1.54, 1.807) is 11.0 Å². The molecular weight excluding hydrogens is 206 g/mol. The van der Waals surface area contributed by atoms with E-state index in [9.17, 15) is 9.59 Å². The molecule has 0 aromatic carbocycles. The van der Waals surface area contributed by atoms with Gasteiger partial charge in [0.25, 0.3) is 0 Å². The Hall–Kier alpha value is -1.32. The molecule has 4 nitrogen and oxygen atoms in total. The Labute approximate surface area is 97.3 Å².